The predicted molar refractivity (Wildman–Crippen MR) is 48.1 cm³/mol. The highest BCUT2D eigenvalue weighted by Gasteiger charge is 2.38. The van der Waals surface area contributed by atoms with Gasteiger partial charge >= 0.3 is 5.97 Å². The molecule has 0 amide bonds. The molecule has 1 aromatic heterocycles. The largest absolute Gasteiger partial charge is 0.477 e. The Morgan fingerprint density at radius 1 is 1.57 bits per heavy atom. The molecule has 0 atom stereocenters. The summed E-state index contributed by atoms with van der Waals surface area (Å²) in [5.74, 6) is -3.96. The number of halogens is 2. The van der Waals surface area contributed by atoms with Crippen LogP contribution in [0.2, 0.25) is 0 Å². The third kappa shape index (κ3) is 1.41. The van der Waals surface area contributed by atoms with E-state index in [0.717, 1.165) is 17.4 Å². The van der Waals surface area contributed by atoms with Gasteiger partial charge in [0.15, 0.2) is 0 Å². The number of hydrogen-bond donors (Lipinski definition) is 1. The van der Waals surface area contributed by atoms with E-state index in [9.17, 15) is 13.6 Å². The van der Waals surface area contributed by atoms with E-state index in [2.05, 4.69) is 0 Å². The topological polar surface area (TPSA) is 37.3 Å². The van der Waals surface area contributed by atoms with Gasteiger partial charge in [0.2, 0.25) is 0 Å². The molecule has 1 heterocycles. The van der Waals surface area contributed by atoms with Crippen LogP contribution in [0.3, 0.4) is 0 Å². The van der Waals surface area contributed by atoms with E-state index >= 15 is 0 Å². The standard InChI is InChI=1S/C9H8F2O2S/c10-9(11)3-1-2-6-5(9)4-7(14-6)8(12)13/h4H,1-3H2,(H,12,13). The summed E-state index contributed by atoms with van der Waals surface area (Å²) in [6.07, 6.45) is 0.832. The molecule has 1 N–H and O–H groups in total. The maximum absolute atomic E-state index is 13.3. The van der Waals surface area contributed by atoms with Crippen molar-refractivity contribution in [3.05, 3.63) is 21.4 Å². The van der Waals surface area contributed by atoms with Crippen LogP contribution < -0.4 is 0 Å². The van der Waals surface area contributed by atoms with E-state index in [0.29, 0.717) is 17.7 Å². The van der Waals surface area contributed by atoms with Gasteiger partial charge in [0.05, 0.1) is 0 Å². The number of hydrogen-bond acceptors (Lipinski definition) is 2. The van der Waals surface area contributed by atoms with Gasteiger partial charge in [0.25, 0.3) is 5.92 Å². The quantitative estimate of drug-likeness (QED) is 0.786. The average molecular weight is 218 g/mol. The molecule has 14 heavy (non-hydrogen) atoms. The van der Waals surface area contributed by atoms with E-state index in [-0.39, 0.29) is 16.9 Å². The van der Waals surface area contributed by atoms with Crippen LogP contribution in [0.25, 0.3) is 0 Å². The third-order valence-corrected chi connectivity index (χ3v) is 3.49. The average Bonchev–Trinajstić information content (AvgIpc) is 2.48. The Hall–Kier alpha value is -0.970. The fraction of sp³-hybridized carbons (Fsp3) is 0.444. The summed E-state index contributed by atoms with van der Waals surface area (Å²) in [5, 5.41) is 8.67. The van der Waals surface area contributed by atoms with Crippen molar-refractivity contribution < 1.29 is 18.7 Å². The van der Waals surface area contributed by atoms with Crippen molar-refractivity contribution in [3.8, 4) is 0 Å². The van der Waals surface area contributed by atoms with E-state index in [1.54, 1.807) is 0 Å². The van der Waals surface area contributed by atoms with Crippen molar-refractivity contribution in [2.45, 2.75) is 25.2 Å². The summed E-state index contributed by atoms with van der Waals surface area (Å²) in [7, 11) is 0. The number of carbonyl (C=O) groups is 1. The first kappa shape index (κ1) is 9.58. The zero-order chi connectivity index (χ0) is 10.3. The summed E-state index contributed by atoms with van der Waals surface area (Å²) < 4.78 is 26.6. The molecule has 0 aliphatic heterocycles. The Kier molecular flexibility index (Phi) is 2.06. The van der Waals surface area contributed by atoms with Gasteiger partial charge in [-0.15, -0.1) is 11.3 Å². The van der Waals surface area contributed by atoms with Gasteiger partial charge in [-0.3, -0.25) is 0 Å². The summed E-state index contributed by atoms with van der Waals surface area (Å²) in [4.78, 5) is 11.1. The zero-order valence-corrected chi connectivity index (χ0v) is 8.03. The van der Waals surface area contributed by atoms with Crippen molar-refractivity contribution in [3.63, 3.8) is 0 Å². The van der Waals surface area contributed by atoms with Crippen LogP contribution in [-0.2, 0) is 12.3 Å². The van der Waals surface area contributed by atoms with Gasteiger partial charge < -0.3 is 5.11 Å². The fourth-order valence-electron chi connectivity index (χ4n) is 1.64. The Bertz CT molecular complexity index is 384. The second kappa shape index (κ2) is 3.02. The minimum atomic E-state index is -2.84. The minimum absolute atomic E-state index is 0.0107. The van der Waals surface area contributed by atoms with Crippen molar-refractivity contribution in [2.24, 2.45) is 0 Å². The van der Waals surface area contributed by atoms with Crippen molar-refractivity contribution >= 4 is 17.3 Å². The summed E-state index contributed by atoms with van der Waals surface area (Å²) in [5.41, 5.74) is -0.0776. The number of rotatable bonds is 1. The van der Waals surface area contributed by atoms with Crippen LogP contribution in [0.5, 0.6) is 0 Å². The molecule has 0 bridgehead atoms. The van der Waals surface area contributed by atoms with Crippen molar-refractivity contribution in [1.29, 1.82) is 0 Å². The lowest BCUT2D eigenvalue weighted by Gasteiger charge is -2.21. The molecule has 0 fully saturated rings. The van der Waals surface area contributed by atoms with E-state index in [1.807, 2.05) is 0 Å². The monoisotopic (exact) mass is 218 g/mol. The summed E-state index contributed by atoms with van der Waals surface area (Å²) >= 11 is 0.966. The van der Waals surface area contributed by atoms with Crippen molar-refractivity contribution in [2.75, 3.05) is 0 Å². The normalized spacial score (nSPS) is 19.0. The predicted octanol–water partition coefficient (Wildman–Crippen LogP) is 2.87. The lowest BCUT2D eigenvalue weighted by Crippen LogP contribution is -2.18. The van der Waals surface area contributed by atoms with Gasteiger partial charge in [-0.05, 0) is 18.9 Å². The van der Waals surface area contributed by atoms with Crippen LogP contribution >= 0.6 is 11.3 Å². The summed E-state index contributed by atoms with van der Waals surface area (Å²) in [6, 6.07) is 1.11. The van der Waals surface area contributed by atoms with Crippen LogP contribution in [0.15, 0.2) is 6.07 Å². The van der Waals surface area contributed by atoms with Crippen LogP contribution in [-0.4, -0.2) is 11.1 Å². The molecule has 76 valence electrons. The van der Waals surface area contributed by atoms with Gasteiger partial charge in [0.1, 0.15) is 4.88 Å². The molecular formula is C9H8F2O2S. The highest BCUT2D eigenvalue weighted by Crippen LogP contribution is 2.43. The SMILES string of the molecule is O=C(O)c1cc2c(s1)CCCC2(F)F. The Morgan fingerprint density at radius 2 is 2.29 bits per heavy atom. The van der Waals surface area contributed by atoms with Gasteiger partial charge in [-0.1, -0.05) is 0 Å². The van der Waals surface area contributed by atoms with Gasteiger partial charge in [0, 0.05) is 16.9 Å². The van der Waals surface area contributed by atoms with E-state index in [1.165, 1.54) is 0 Å². The van der Waals surface area contributed by atoms with E-state index < -0.39 is 11.9 Å². The number of fused-ring (bicyclic) bond motifs is 1. The summed E-state index contributed by atoms with van der Waals surface area (Å²) in [6.45, 7) is 0. The fourth-order valence-corrected chi connectivity index (χ4v) is 2.73. The molecule has 5 heteroatoms. The lowest BCUT2D eigenvalue weighted by molar-refractivity contribution is -0.0208. The number of thiophene rings is 1. The zero-order valence-electron chi connectivity index (χ0n) is 7.22. The molecule has 0 saturated heterocycles. The molecule has 2 nitrogen and oxygen atoms in total. The number of aromatic carboxylic acids is 1. The Morgan fingerprint density at radius 3 is 2.86 bits per heavy atom. The van der Waals surface area contributed by atoms with E-state index in [4.69, 9.17) is 5.11 Å². The first-order valence-electron chi connectivity index (χ1n) is 4.25. The van der Waals surface area contributed by atoms with Crippen LogP contribution in [0.1, 0.15) is 33.0 Å². The molecule has 1 aromatic rings. The smallest absolute Gasteiger partial charge is 0.345 e. The van der Waals surface area contributed by atoms with Crippen LogP contribution in [0, 0.1) is 0 Å². The van der Waals surface area contributed by atoms with Gasteiger partial charge in [-0.25, -0.2) is 13.6 Å². The molecule has 2 rings (SSSR count). The minimum Gasteiger partial charge on any atom is -0.477 e. The number of aryl methyl sites for hydroxylation is 1. The third-order valence-electron chi connectivity index (χ3n) is 2.31. The van der Waals surface area contributed by atoms with Gasteiger partial charge in [-0.2, -0.15) is 0 Å². The Labute approximate surface area is 83.2 Å². The molecule has 0 radical (unpaired) electrons. The first-order valence-corrected chi connectivity index (χ1v) is 5.06. The maximum Gasteiger partial charge on any atom is 0.345 e. The second-order valence-corrected chi connectivity index (χ2v) is 4.45. The molecule has 0 aromatic carbocycles. The molecular weight excluding hydrogens is 210 g/mol. The highest BCUT2D eigenvalue weighted by atomic mass is 32.1. The van der Waals surface area contributed by atoms with Crippen LogP contribution in [0.4, 0.5) is 8.78 Å². The highest BCUT2D eigenvalue weighted by molar-refractivity contribution is 7.14. The second-order valence-electron chi connectivity index (χ2n) is 3.31. The number of carboxylic acid groups (broad SMARTS) is 1. The number of carboxylic acids is 1. The Balaban J connectivity index is 2.49. The lowest BCUT2D eigenvalue weighted by atomic mass is 9.95. The molecule has 0 unspecified atom stereocenters. The molecule has 1 aliphatic carbocycles. The first-order chi connectivity index (χ1) is 6.50. The molecule has 0 saturated carbocycles. The number of alkyl halides is 2. The molecule has 0 spiro atoms. The molecule has 1 aliphatic rings. The van der Waals surface area contributed by atoms with Crippen molar-refractivity contribution in [1.82, 2.24) is 0 Å². The maximum atomic E-state index is 13.3.